The number of benzene rings is 1. The van der Waals surface area contributed by atoms with Gasteiger partial charge in [-0.2, -0.15) is 0 Å². The first-order valence-corrected chi connectivity index (χ1v) is 16.7. The van der Waals surface area contributed by atoms with Gasteiger partial charge in [0.05, 0.1) is 38.8 Å². The molecule has 1 saturated carbocycles. The van der Waals surface area contributed by atoms with Gasteiger partial charge in [0.2, 0.25) is 5.95 Å². The fourth-order valence-electron chi connectivity index (χ4n) is 7.53. The molecule has 3 saturated heterocycles. The minimum absolute atomic E-state index is 0.243. The number of nitrogens with zero attached hydrogens (tertiary/aromatic N) is 4. The van der Waals surface area contributed by atoms with Crippen LogP contribution in [0.1, 0.15) is 75.3 Å². The maximum absolute atomic E-state index is 13.3. The fraction of sp³-hybridized carbons (Fsp3) is 0.676. The second-order valence-corrected chi connectivity index (χ2v) is 13.0. The van der Waals surface area contributed by atoms with Crippen LogP contribution in [0.25, 0.3) is 0 Å². The van der Waals surface area contributed by atoms with Crippen molar-refractivity contribution in [3.05, 3.63) is 47.8 Å². The number of piperidine rings is 2. The summed E-state index contributed by atoms with van der Waals surface area (Å²) < 4.78 is 11.7. The highest BCUT2D eigenvalue weighted by molar-refractivity contribution is 5.70. The van der Waals surface area contributed by atoms with E-state index in [4.69, 9.17) is 9.47 Å². The highest BCUT2D eigenvalue weighted by Crippen LogP contribution is 2.36. The first kappa shape index (κ1) is 29.5. The van der Waals surface area contributed by atoms with Gasteiger partial charge in [0.15, 0.2) is 0 Å². The van der Waals surface area contributed by atoms with Crippen molar-refractivity contribution in [3.8, 4) is 5.75 Å². The number of aromatic nitrogens is 2. The highest BCUT2D eigenvalue weighted by atomic mass is 16.5. The van der Waals surface area contributed by atoms with Crippen LogP contribution in [0, 0.1) is 11.8 Å². The van der Waals surface area contributed by atoms with E-state index in [9.17, 15) is 4.79 Å². The summed E-state index contributed by atoms with van der Waals surface area (Å²) in [6, 6.07) is 9.44. The van der Waals surface area contributed by atoms with Crippen molar-refractivity contribution in [2.75, 3.05) is 64.0 Å². The molecule has 0 spiro atoms. The number of amides is 1. The first-order chi connectivity index (χ1) is 20.7. The Morgan fingerprint density at radius 1 is 0.905 bits per heavy atom. The van der Waals surface area contributed by atoms with Crippen LogP contribution in [0.2, 0.25) is 0 Å². The van der Waals surface area contributed by atoms with Crippen molar-refractivity contribution in [3.63, 3.8) is 0 Å². The van der Waals surface area contributed by atoms with Gasteiger partial charge in [-0.25, -0.2) is 14.8 Å². The van der Waals surface area contributed by atoms with Crippen LogP contribution in [-0.4, -0.2) is 85.9 Å². The number of hydrogen-bond acceptors (Lipinski definition) is 7. The van der Waals surface area contributed by atoms with E-state index < -0.39 is 0 Å². The number of carbonyl (C=O) groups excluding carboxylic acids is 1. The van der Waals surface area contributed by atoms with E-state index in [0.29, 0.717) is 23.8 Å². The van der Waals surface area contributed by atoms with E-state index in [1.54, 1.807) is 0 Å². The van der Waals surface area contributed by atoms with Crippen LogP contribution in [0.15, 0.2) is 36.7 Å². The monoisotopic (exact) mass is 576 g/mol. The van der Waals surface area contributed by atoms with E-state index in [2.05, 4.69) is 51.0 Å². The second-order valence-electron chi connectivity index (χ2n) is 13.0. The molecule has 6 rings (SSSR count). The lowest BCUT2D eigenvalue weighted by Crippen LogP contribution is -3.16. The molecule has 228 valence electrons. The van der Waals surface area contributed by atoms with E-state index in [1.807, 2.05) is 12.4 Å². The molecule has 0 unspecified atom stereocenters. The van der Waals surface area contributed by atoms with Gasteiger partial charge in [-0.05, 0) is 80.0 Å². The number of hydrogen-bond donors (Lipinski definition) is 1. The van der Waals surface area contributed by atoms with Gasteiger partial charge < -0.3 is 14.4 Å². The number of carbonyl (C=O) groups is 1. The minimum atomic E-state index is 0.243. The summed E-state index contributed by atoms with van der Waals surface area (Å²) in [6.07, 6.45) is 13.7. The molecule has 0 radical (unpaired) electrons. The van der Waals surface area contributed by atoms with Crippen molar-refractivity contribution in [2.24, 2.45) is 11.8 Å². The van der Waals surface area contributed by atoms with Gasteiger partial charge in [-0.3, -0.25) is 9.80 Å². The number of aryl methyl sites for hydroxylation is 1. The lowest BCUT2D eigenvalue weighted by molar-refractivity contribution is -0.829. The number of anilines is 1. The molecule has 8 nitrogen and oxygen atoms in total. The van der Waals surface area contributed by atoms with Crippen LogP contribution < -0.4 is 14.5 Å². The third kappa shape index (κ3) is 7.32. The number of ether oxygens (including phenoxy) is 2. The van der Waals surface area contributed by atoms with Crippen LogP contribution in [0.3, 0.4) is 0 Å². The average Bonchev–Trinajstić information content (AvgIpc) is 3.08. The molecule has 0 atom stereocenters. The smallest absolute Gasteiger partial charge is 0.315 e. The Morgan fingerprint density at radius 3 is 2.21 bits per heavy atom. The molecule has 1 N–H and O–H groups in total. The molecule has 8 heteroatoms. The van der Waals surface area contributed by atoms with Gasteiger partial charge in [0.25, 0.3) is 0 Å². The summed E-state index contributed by atoms with van der Waals surface area (Å²) >= 11 is 0. The zero-order valence-electron chi connectivity index (χ0n) is 25.5. The Labute approximate surface area is 251 Å². The molecule has 4 fully saturated rings. The Morgan fingerprint density at radius 2 is 1.57 bits per heavy atom. The van der Waals surface area contributed by atoms with E-state index >= 15 is 0 Å². The van der Waals surface area contributed by atoms with Crippen LogP contribution in [-0.2, 0) is 16.0 Å². The third-order valence-electron chi connectivity index (χ3n) is 10.4. The summed E-state index contributed by atoms with van der Waals surface area (Å²) in [5, 5.41) is 0. The van der Waals surface area contributed by atoms with E-state index in [0.717, 1.165) is 129 Å². The van der Waals surface area contributed by atoms with E-state index in [-0.39, 0.29) is 5.92 Å². The Hall–Kier alpha value is -2.55. The van der Waals surface area contributed by atoms with Gasteiger partial charge in [-0.15, -0.1) is 0 Å². The number of rotatable bonds is 8. The quantitative estimate of drug-likeness (QED) is 0.516. The topological polar surface area (TPSA) is 72.2 Å². The summed E-state index contributed by atoms with van der Waals surface area (Å²) in [7, 11) is 0. The Balaban J connectivity index is 0.895. The summed E-state index contributed by atoms with van der Waals surface area (Å²) in [5.41, 5.74) is 2.58. The van der Waals surface area contributed by atoms with Crippen LogP contribution >= 0.6 is 0 Å². The number of quaternary nitrogens is 1. The Kier molecular flexibility index (Phi) is 10.0. The highest BCUT2D eigenvalue weighted by Gasteiger charge is 2.37. The molecule has 3 aliphatic heterocycles. The summed E-state index contributed by atoms with van der Waals surface area (Å²) in [5.74, 6) is 3.68. The number of likely N-dealkylation sites (tertiary alicyclic amines) is 1. The third-order valence-corrected chi connectivity index (χ3v) is 10.4. The number of nitrogens with one attached hydrogen (secondary N) is 1. The standard InChI is InChI=1S/C34H49N5O3/c1-2-26-23-35-34(36-24-26)39-15-11-27(12-16-39)25-42-32-9-7-29(8-10-32)28-3-5-30(6-4-28)33(40)38-17-13-31(14-18-38)37-19-21-41-22-20-37/h7-10,23-24,27-28,30-31H,2-6,11-22,25H2,1H3/p+1. The molecule has 0 bridgehead atoms. The van der Waals surface area contributed by atoms with Crippen LogP contribution in [0.5, 0.6) is 5.75 Å². The van der Waals surface area contributed by atoms with Gasteiger partial charge >= 0.3 is 5.91 Å². The molecular formula is C34H50N5O3+. The molecule has 1 aromatic carbocycles. The summed E-state index contributed by atoms with van der Waals surface area (Å²) in [6.45, 7) is 10.7. The first-order valence-electron chi connectivity index (χ1n) is 16.7. The van der Waals surface area contributed by atoms with E-state index in [1.165, 1.54) is 16.0 Å². The maximum Gasteiger partial charge on any atom is 0.315 e. The maximum atomic E-state index is 13.3. The molecule has 1 aromatic heterocycles. The zero-order valence-corrected chi connectivity index (χ0v) is 25.5. The number of morpholine rings is 1. The van der Waals surface area contributed by atoms with Crippen molar-refractivity contribution in [1.29, 1.82) is 0 Å². The molecule has 42 heavy (non-hydrogen) atoms. The van der Waals surface area contributed by atoms with Crippen molar-refractivity contribution in [2.45, 2.75) is 76.7 Å². The molecule has 1 amide bonds. The van der Waals surface area contributed by atoms with Gasteiger partial charge in [0.1, 0.15) is 5.75 Å². The lowest BCUT2D eigenvalue weighted by Gasteiger charge is -2.38. The second kappa shape index (κ2) is 14.3. The van der Waals surface area contributed by atoms with Crippen molar-refractivity contribution in [1.82, 2.24) is 14.9 Å². The minimum Gasteiger partial charge on any atom is -0.493 e. The van der Waals surface area contributed by atoms with Crippen LogP contribution in [0.4, 0.5) is 5.95 Å². The lowest BCUT2D eigenvalue weighted by atomic mass is 9.78. The fourth-order valence-corrected chi connectivity index (χ4v) is 7.53. The largest absolute Gasteiger partial charge is 0.493 e. The van der Waals surface area contributed by atoms with Gasteiger partial charge in [-0.1, -0.05) is 19.1 Å². The molecule has 4 heterocycles. The summed E-state index contributed by atoms with van der Waals surface area (Å²) in [4.78, 5) is 28.6. The zero-order chi connectivity index (χ0) is 28.7. The molecule has 4 aliphatic rings. The van der Waals surface area contributed by atoms with Gasteiger partial charge in [0, 0.05) is 57.5 Å². The Bertz CT molecular complexity index is 1110. The van der Waals surface area contributed by atoms with Crippen molar-refractivity contribution < 1.29 is 19.2 Å². The molecule has 1 aliphatic carbocycles. The molecule has 2 aromatic rings. The molecular weight excluding hydrogens is 526 g/mol. The normalized spacial score (nSPS) is 28.0. The van der Waals surface area contributed by atoms with Crippen molar-refractivity contribution >= 4 is 11.9 Å². The predicted molar refractivity (Wildman–Crippen MR) is 164 cm³/mol. The SMILES string of the molecule is CCc1cnc(N2CCC(COc3ccc(C4CCC(C(=O)[NH+]5CCC(N6CCOCC6)CC5)CC4)cc3)CC2)nc1. The average molecular weight is 577 g/mol. The predicted octanol–water partition coefficient (Wildman–Crippen LogP) is 3.51.